The van der Waals surface area contributed by atoms with Gasteiger partial charge in [0.25, 0.3) is 0 Å². The van der Waals surface area contributed by atoms with Crippen molar-refractivity contribution in [3.63, 3.8) is 0 Å². The van der Waals surface area contributed by atoms with Crippen molar-refractivity contribution >= 4 is 0 Å². The highest BCUT2D eigenvalue weighted by atomic mass is 15.1. The van der Waals surface area contributed by atoms with Crippen molar-refractivity contribution in [2.75, 3.05) is 0 Å². The van der Waals surface area contributed by atoms with Crippen LogP contribution in [0.2, 0.25) is 0 Å². The highest BCUT2D eigenvalue weighted by Crippen LogP contribution is 2.23. The molecule has 1 atom stereocenters. The lowest BCUT2D eigenvalue weighted by atomic mass is 10.0. The first kappa shape index (κ1) is 12.4. The van der Waals surface area contributed by atoms with Crippen molar-refractivity contribution in [3.05, 3.63) is 47.5 Å². The Bertz CT molecular complexity index is 552. The van der Waals surface area contributed by atoms with Crippen LogP contribution in [0.5, 0.6) is 0 Å². The number of aromatic nitrogens is 2. The fourth-order valence-electron chi connectivity index (χ4n) is 2.86. The minimum atomic E-state index is 0.215. The Morgan fingerprint density at radius 3 is 2.68 bits per heavy atom. The summed E-state index contributed by atoms with van der Waals surface area (Å²) in [6.07, 6.45) is 7.74. The first-order valence-corrected chi connectivity index (χ1v) is 7.14. The molecule has 0 saturated heterocycles. The first-order valence-electron chi connectivity index (χ1n) is 7.14. The van der Waals surface area contributed by atoms with E-state index >= 15 is 0 Å². The maximum atomic E-state index is 5.83. The van der Waals surface area contributed by atoms with Gasteiger partial charge in [-0.2, -0.15) is 0 Å². The van der Waals surface area contributed by atoms with Crippen LogP contribution in [-0.2, 0) is 19.3 Å². The van der Waals surface area contributed by atoms with Crippen LogP contribution in [0.25, 0.3) is 5.69 Å². The summed E-state index contributed by atoms with van der Waals surface area (Å²) in [5, 5.41) is 0. The second-order valence-electron chi connectivity index (χ2n) is 5.56. The van der Waals surface area contributed by atoms with Gasteiger partial charge in [-0.3, -0.25) is 0 Å². The normalized spacial score (nSPS) is 16.1. The number of hydrogen-bond donors (Lipinski definition) is 1. The highest BCUT2D eigenvalue weighted by Gasteiger charge is 2.15. The number of rotatable bonds is 3. The molecule has 1 aromatic carbocycles. The van der Waals surface area contributed by atoms with Crippen LogP contribution in [0.3, 0.4) is 0 Å². The molecular weight excluding hydrogens is 234 g/mol. The third-order valence-corrected chi connectivity index (χ3v) is 3.80. The average molecular weight is 255 g/mol. The molecule has 0 amide bonds. The van der Waals surface area contributed by atoms with E-state index in [1.165, 1.54) is 35.5 Å². The van der Waals surface area contributed by atoms with Crippen molar-refractivity contribution in [1.82, 2.24) is 9.55 Å². The minimum absolute atomic E-state index is 0.215. The molecule has 100 valence electrons. The fourth-order valence-corrected chi connectivity index (χ4v) is 2.86. The Balaban J connectivity index is 1.88. The molecule has 3 rings (SSSR count). The summed E-state index contributed by atoms with van der Waals surface area (Å²) in [5.74, 6) is 0. The number of nitrogens with zero attached hydrogens (tertiary/aromatic N) is 2. The molecule has 1 aliphatic carbocycles. The van der Waals surface area contributed by atoms with E-state index < -0.39 is 0 Å². The largest absolute Gasteiger partial charge is 0.328 e. The molecule has 3 nitrogen and oxygen atoms in total. The molecule has 1 unspecified atom stereocenters. The molecule has 1 aromatic heterocycles. The number of benzene rings is 1. The molecule has 19 heavy (non-hydrogen) atoms. The lowest BCUT2D eigenvalue weighted by Crippen LogP contribution is -2.17. The zero-order chi connectivity index (χ0) is 13.2. The van der Waals surface area contributed by atoms with E-state index in [1.807, 2.05) is 13.3 Å². The van der Waals surface area contributed by atoms with E-state index in [0.29, 0.717) is 0 Å². The van der Waals surface area contributed by atoms with Gasteiger partial charge in [-0.15, -0.1) is 0 Å². The van der Waals surface area contributed by atoms with Crippen LogP contribution in [0.4, 0.5) is 0 Å². The molecule has 0 saturated carbocycles. The second-order valence-corrected chi connectivity index (χ2v) is 5.56. The summed E-state index contributed by atoms with van der Waals surface area (Å²) in [5.41, 5.74) is 11.0. The minimum Gasteiger partial charge on any atom is -0.328 e. The molecule has 2 N–H and O–H groups in total. The average Bonchev–Trinajstić information content (AvgIpc) is 2.83. The van der Waals surface area contributed by atoms with Crippen LogP contribution in [0.1, 0.15) is 36.7 Å². The zero-order valence-corrected chi connectivity index (χ0v) is 11.5. The number of hydrogen-bond acceptors (Lipinski definition) is 2. The molecule has 1 heterocycles. The van der Waals surface area contributed by atoms with Gasteiger partial charge in [0.1, 0.15) is 0 Å². The number of aryl methyl sites for hydroxylation is 1. The summed E-state index contributed by atoms with van der Waals surface area (Å²) >= 11 is 0. The first-order chi connectivity index (χ1) is 9.24. The molecule has 3 heteroatoms. The van der Waals surface area contributed by atoms with Crippen LogP contribution >= 0.6 is 0 Å². The Hall–Kier alpha value is -1.61. The standard InChI is InChI=1S/C16H21N3/c1-12(17)10-13-6-8-14(9-7-13)19-11-18-15-4-2-3-5-16(15)19/h6-9,11-12H,2-5,10,17H2,1H3. The van der Waals surface area contributed by atoms with Gasteiger partial charge in [-0.25, -0.2) is 4.98 Å². The van der Waals surface area contributed by atoms with Crippen molar-refractivity contribution < 1.29 is 0 Å². The monoisotopic (exact) mass is 255 g/mol. The quantitative estimate of drug-likeness (QED) is 0.916. The van der Waals surface area contributed by atoms with E-state index in [-0.39, 0.29) is 6.04 Å². The van der Waals surface area contributed by atoms with Gasteiger partial charge >= 0.3 is 0 Å². The van der Waals surface area contributed by atoms with Gasteiger partial charge in [-0.05, 0) is 56.7 Å². The second kappa shape index (κ2) is 5.17. The Morgan fingerprint density at radius 1 is 1.21 bits per heavy atom. The molecule has 0 radical (unpaired) electrons. The van der Waals surface area contributed by atoms with E-state index in [9.17, 15) is 0 Å². The number of fused-ring (bicyclic) bond motifs is 1. The Kier molecular flexibility index (Phi) is 3.38. The molecule has 1 aliphatic rings. The third kappa shape index (κ3) is 2.56. The van der Waals surface area contributed by atoms with Gasteiger partial charge < -0.3 is 10.3 Å². The number of nitrogens with two attached hydrogens (primary N) is 1. The predicted molar refractivity (Wildman–Crippen MR) is 77.6 cm³/mol. The van der Waals surface area contributed by atoms with E-state index in [0.717, 1.165) is 19.3 Å². The maximum Gasteiger partial charge on any atom is 0.0997 e. The van der Waals surface area contributed by atoms with Crippen LogP contribution in [0.15, 0.2) is 30.6 Å². The predicted octanol–water partition coefficient (Wildman–Crippen LogP) is 2.64. The molecule has 0 spiro atoms. The van der Waals surface area contributed by atoms with Crippen molar-refractivity contribution in [1.29, 1.82) is 0 Å². The lowest BCUT2D eigenvalue weighted by Gasteiger charge is -2.14. The maximum absolute atomic E-state index is 5.83. The van der Waals surface area contributed by atoms with E-state index in [1.54, 1.807) is 0 Å². The highest BCUT2D eigenvalue weighted by molar-refractivity contribution is 5.38. The summed E-state index contributed by atoms with van der Waals surface area (Å²) in [7, 11) is 0. The molecule has 2 aromatic rings. The molecule has 0 fully saturated rings. The fraction of sp³-hybridized carbons (Fsp3) is 0.438. The molecular formula is C16H21N3. The van der Waals surface area contributed by atoms with Crippen molar-refractivity contribution in [2.24, 2.45) is 5.73 Å². The van der Waals surface area contributed by atoms with Gasteiger partial charge in [-0.1, -0.05) is 12.1 Å². The summed E-state index contributed by atoms with van der Waals surface area (Å²) < 4.78 is 2.24. The molecule has 0 aliphatic heterocycles. The van der Waals surface area contributed by atoms with Gasteiger partial charge in [0.2, 0.25) is 0 Å². The van der Waals surface area contributed by atoms with E-state index in [4.69, 9.17) is 5.73 Å². The third-order valence-electron chi connectivity index (χ3n) is 3.80. The van der Waals surface area contributed by atoms with Crippen LogP contribution in [-0.4, -0.2) is 15.6 Å². The topological polar surface area (TPSA) is 43.8 Å². The number of imidazole rings is 1. The Labute approximate surface area is 114 Å². The smallest absolute Gasteiger partial charge is 0.0997 e. The van der Waals surface area contributed by atoms with Crippen molar-refractivity contribution in [3.8, 4) is 5.69 Å². The van der Waals surface area contributed by atoms with Gasteiger partial charge in [0, 0.05) is 17.4 Å². The zero-order valence-electron chi connectivity index (χ0n) is 11.5. The SMILES string of the molecule is CC(N)Cc1ccc(-n2cnc3c2CCCC3)cc1. The summed E-state index contributed by atoms with van der Waals surface area (Å²) in [4.78, 5) is 4.55. The van der Waals surface area contributed by atoms with Gasteiger partial charge in [0.05, 0.1) is 12.0 Å². The van der Waals surface area contributed by atoms with E-state index in [2.05, 4.69) is 33.8 Å². The van der Waals surface area contributed by atoms with Crippen LogP contribution in [0, 0.1) is 0 Å². The summed E-state index contributed by atoms with van der Waals surface area (Å²) in [6, 6.07) is 8.91. The summed E-state index contributed by atoms with van der Waals surface area (Å²) in [6.45, 7) is 2.04. The van der Waals surface area contributed by atoms with Crippen LogP contribution < -0.4 is 5.73 Å². The molecule has 0 bridgehead atoms. The van der Waals surface area contributed by atoms with Gasteiger partial charge in [0.15, 0.2) is 0 Å². The lowest BCUT2D eigenvalue weighted by molar-refractivity contribution is 0.656. The Morgan fingerprint density at radius 2 is 1.95 bits per heavy atom. The van der Waals surface area contributed by atoms with Crippen molar-refractivity contribution in [2.45, 2.75) is 45.1 Å².